The lowest BCUT2D eigenvalue weighted by atomic mass is 10.3. The topological polar surface area (TPSA) is 80.5 Å². The normalized spacial score (nSPS) is 18.5. The molecular weight excluding hydrogens is 258 g/mol. The monoisotopic (exact) mass is 272 g/mol. The first-order valence-electron chi connectivity index (χ1n) is 5.72. The second kappa shape index (κ2) is 5.25. The number of carbonyl (C=O) groups excluding carboxylic acids is 1. The van der Waals surface area contributed by atoms with Crippen LogP contribution in [0.1, 0.15) is 6.42 Å². The van der Waals surface area contributed by atoms with Gasteiger partial charge in [-0.3, -0.25) is 0 Å². The Morgan fingerprint density at radius 2 is 2.32 bits per heavy atom. The fourth-order valence-electron chi connectivity index (χ4n) is 1.99. The molecule has 1 unspecified atom stereocenters. The molecule has 2 heterocycles. The molecule has 0 spiro atoms. The molecule has 1 aliphatic heterocycles. The summed E-state index contributed by atoms with van der Waals surface area (Å²) in [5.74, 6) is -2.01. The molecule has 6 nitrogen and oxygen atoms in total. The molecule has 0 aliphatic carbocycles. The molecule has 1 fully saturated rings. The van der Waals surface area contributed by atoms with E-state index in [1.165, 1.54) is 7.11 Å². The summed E-state index contributed by atoms with van der Waals surface area (Å²) in [7, 11) is 1.27. The molecule has 0 bridgehead atoms. The van der Waals surface area contributed by atoms with Crippen LogP contribution in [0.15, 0.2) is 6.07 Å². The van der Waals surface area contributed by atoms with Gasteiger partial charge in [0.05, 0.1) is 13.2 Å². The number of amides is 1. The highest BCUT2D eigenvalue weighted by molar-refractivity contribution is 5.67. The largest absolute Gasteiger partial charge is 0.453 e. The lowest BCUT2D eigenvalue weighted by molar-refractivity contribution is 0.167. The van der Waals surface area contributed by atoms with Gasteiger partial charge in [0.1, 0.15) is 0 Å². The van der Waals surface area contributed by atoms with E-state index in [0.29, 0.717) is 25.6 Å². The van der Waals surface area contributed by atoms with E-state index in [-0.39, 0.29) is 17.7 Å². The molecule has 0 saturated carbocycles. The summed E-state index contributed by atoms with van der Waals surface area (Å²) < 4.78 is 31.1. The van der Waals surface area contributed by atoms with E-state index in [1.54, 1.807) is 4.90 Å². The Bertz CT molecular complexity index is 498. The molecule has 104 valence electrons. The number of rotatable bonds is 2. The smallest absolute Gasteiger partial charge is 0.407 e. The Hall–Kier alpha value is -2.12. The van der Waals surface area contributed by atoms with Gasteiger partial charge in [-0.15, -0.1) is 0 Å². The molecule has 1 aliphatic rings. The van der Waals surface area contributed by atoms with Crippen molar-refractivity contribution in [1.29, 1.82) is 0 Å². The first-order valence-corrected chi connectivity index (χ1v) is 5.72. The maximum atomic E-state index is 13.6. The fraction of sp³-hybridized carbons (Fsp3) is 0.455. The summed E-state index contributed by atoms with van der Waals surface area (Å²) >= 11 is 0. The van der Waals surface area contributed by atoms with Crippen LogP contribution in [0, 0.1) is 11.6 Å². The molecule has 1 aromatic rings. The van der Waals surface area contributed by atoms with E-state index in [9.17, 15) is 13.6 Å². The van der Waals surface area contributed by atoms with Crippen molar-refractivity contribution in [2.45, 2.75) is 12.5 Å². The number of nitrogens with zero attached hydrogens (tertiary/aromatic N) is 2. The van der Waals surface area contributed by atoms with Gasteiger partial charge < -0.3 is 20.7 Å². The van der Waals surface area contributed by atoms with Crippen molar-refractivity contribution >= 4 is 17.7 Å². The second-order valence-electron chi connectivity index (χ2n) is 4.23. The molecule has 0 radical (unpaired) electrons. The van der Waals surface area contributed by atoms with Gasteiger partial charge in [0.15, 0.2) is 23.3 Å². The Balaban J connectivity index is 2.08. The van der Waals surface area contributed by atoms with Crippen LogP contribution in [0.2, 0.25) is 0 Å². The average molecular weight is 272 g/mol. The summed E-state index contributed by atoms with van der Waals surface area (Å²) in [6.07, 6.45) is 0.0759. The Labute approximate surface area is 108 Å². The van der Waals surface area contributed by atoms with Crippen molar-refractivity contribution in [3.8, 4) is 0 Å². The van der Waals surface area contributed by atoms with Crippen molar-refractivity contribution in [2.24, 2.45) is 0 Å². The summed E-state index contributed by atoms with van der Waals surface area (Å²) in [5.41, 5.74) is 5.32. The van der Waals surface area contributed by atoms with E-state index < -0.39 is 17.7 Å². The van der Waals surface area contributed by atoms with Gasteiger partial charge in [0.25, 0.3) is 0 Å². The minimum atomic E-state index is -0.885. The number of halogens is 2. The highest BCUT2D eigenvalue weighted by Crippen LogP contribution is 2.24. The minimum Gasteiger partial charge on any atom is -0.453 e. The molecule has 19 heavy (non-hydrogen) atoms. The summed E-state index contributed by atoms with van der Waals surface area (Å²) in [4.78, 5) is 16.4. The minimum absolute atomic E-state index is 0.00642. The van der Waals surface area contributed by atoms with E-state index in [4.69, 9.17) is 5.73 Å². The van der Waals surface area contributed by atoms with Crippen LogP contribution in [0.25, 0.3) is 0 Å². The number of nitrogens with two attached hydrogens (primary N) is 1. The first-order chi connectivity index (χ1) is 9.01. The molecule has 1 amide bonds. The number of methoxy groups -OCH3 is 1. The number of anilines is 2. The molecule has 8 heteroatoms. The molecule has 1 saturated heterocycles. The van der Waals surface area contributed by atoms with Gasteiger partial charge in [0, 0.05) is 19.2 Å². The number of pyridine rings is 1. The van der Waals surface area contributed by atoms with Gasteiger partial charge in [-0.2, -0.15) is 0 Å². The number of aromatic nitrogens is 1. The van der Waals surface area contributed by atoms with Crippen molar-refractivity contribution < 1.29 is 18.3 Å². The Morgan fingerprint density at radius 1 is 1.58 bits per heavy atom. The number of nitrogen functional groups attached to an aromatic ring is 1. The SMILES string of the molecule is COC(=O)NC1CCN(c2nc(N)c(F)cc2F)C1. The lowest BCUT2D eigenvalue weighted by Gasteiger charge is -2.18. The van der Waals surface area contributed by atoms with E-state index in [0.717, 1.165) is 0 Å². The Morgan fingerprint density at radius 3 is 3.00 bits per heavy atom. The summed E-state index contributed by atoms with van der Waals surface area (Å²) in [6.45, 7) is 0.855. The zero-order valence-electron chi connectivity index (χ0n) is 10.3. The van der Waals surface area contributed by atoms with Crippen LogP contribution >= 0.6 is 0 Å². The Kier molecular flexibility index (Phi) is 3.68. The molecule has 2 rings (SSSR count). The van der Waals surface area contributed by atoms with Crippen LogP contribution in [0.5, 0.6) is 0 Å². The van der Waals surface area contributed by atoms with Gasteiger partial charge >= 0.3 is 6.09 Å². The first kappa shape index (κ1) is 13.3. The number of hydrogen-bond acceptors (Lipinski definition) is 5. The number of alkyl carbamates (subject to hydrolysis) is 1. The van der Waals surface area contributed by atoms with Gasteiger partial charge in [-0.05, 0) is 6.42 Å². The number of carbonyl (C=O) groups is 1. The van der Waals surface area contributed by atoms with Crippen LogP contribution in [-0.4, -0.2) is 37.3 Å². The van der Waals surface area contributed by atoms with Gasteiger partial charge in [-0.1, -0.05) is 0 Å². The average Bonchev–Trinajstić information content (AvgIpc) is 2.82. The van der Waals surface area contributed by atoms with E-state index in [2.05, 4.69) is 15.0 Å². The maximum absolute atomic E-state index is 13.6. The zero-order valence-corrected chi connectivity index (χ0v) is 10.3. The second-order valence-corrected chi connectivity index (χ2v) is 4.23. The lowest BCUT2D eigenvalue weighted by Crippen LogP contribution is -2.37. The molecule has 1 aromatic heterocycles. The zero-order chi connectivity index (χ0) is 14.0. The summed E-state index contributed by atoms with van der Waals surface area (Å²) in [6, 6.07) is 0.540. The van der Waals surface area contributed by atoms with Crippen LogP contribution in [0.3, 0.4) is 0 Å². The molecule has 3 N–H and O–H groups in total. The van der Waals surface area contributed by atoms with Crippen molar-refractivity contribution in [1.82, 2.24) is 10.3 Å². The van der Waals surface area contributed by atoms with E-state index >= 15 is 0 Å². The molecule has 1 atom stereocenters. The summed E-state index contributed by atoms with van der Waals surface area (Å²) in [5, 5.41) is 2.62. The standard InChI is InChI=1S/C11H14F2N4O2/c1-19-11(18)15-6-2-3-17(5-6)10-8(13)4-7(12)9(14)16-10/h4,6H,2-3,5H2,1H3,(H2,14,16)(H,15,18). The third-order valence-corrected chi connectivity index (χ3v) is 2.93. The molecular formula is C11H14F2N4O2. The van der Waals surface area contributed by atoms with Crippen molar-refractivity contribution in [2.75, 3.05) is 30.8 Å². The van der Waals surface area contributed by atoms with Crippen LogP contribution < -0.4 is 16.0 Å². The van der Waals surface area contributed by atoms with Gasteiger partial charge in [0.2, 0.25) is 0 Å². The number of hydrogen-bond donors (Lipinski definition) is 2. The van der Waals surface area contributed by atoms with Gasteiger partial charge in [-0.25, -0.2) is 18.6 Å². The third-order valence-electron chi connectivity index (χ3n) is 2.93. The van der Waals surface area contributed by atoms with Crippen molar-refractivity contribution in [3.63, 3.8) is 0 Å². The predicted octanol–water partition coefficient (Wildman–Crippen LogP) is 0.877. The van der Waals surface area contributed by atoms with Crippen molar-refractivity contribution in [3.05, 3.63) is 17.7 Å². The highest BCUT2D eigenvalue weighted by atomic mass is 19.1. The quantitative estimate of drug-likeness (QED) is 0.835. The van der Waals surface area contributed by atoms with Crippen LogP contribution in [-0.2, 0) is 4.74 Å². The third kappa shape index (κ3) is 2.83. The van der Waals surface area contributed by atoms with Crippen LogP contribution in [0.4, 0.5) is 25.2 Å². The molecule has 0 aromatic carbocycles. The predicted molar refractivity (Wildman–Crippen MR) is 64.7 cm³/mol. The van der Waals surface area contributed by atoms with E-state index in [1.807, 2.05) is 0 Å². The highest BCUT2D eigenvalue weighted by Gasteiger charge is 2.27. The maximum Gasteiger partial charge on any atom is 0.407 e. The number of ether oxygens (including phenoxy) is 1. The number of nitrogens with one attached hydrogen (secondary N) is 1. The fourth-order valence-corrected chi connectivity index (χ4v) is 1.99.